The molecular formula is C63H64N4O. The van der Waals surface area contributed by atoms with Gasteiger partial charge in [-0.25, -0.2) is 4.98 Å². The van der Waals surface area contributed by atoms with Gasteiger partial charge < -0.3 is 14.5 Å². The number of ether oxygens (including phenoxy) is 1. The molecule has 0 saturated carbocycles. The van der Waals surface area contributed by atoms with E-state index in [2.05, 4.69) is 260 Å². The van der Waals surface area contributed by atoms with Crippen LogP contribution in [-0.4, -0.2) is 16.2 Å². The topological polar surface area (TPSA) is 33.5 Å². The molecule has 5 heteroatoms. The highest BCUT2D eigenvalue weighted by Gasteiger charge is 2.32. The average Bonchev–Trinajstić information content (AvgIpc) is 3.87. The first-order valence-corrected chi connectivity index (χ1v) is 24.1. The Kier molecular flexibility index (Phi) is 10.9. The van der Waals surface area contributed by atoms with Crippen molar-refractivity contribution < 1.29 is 4.74 Å². The number of benzene rings is 7. The van der Waals surface area contributed by atoms with E-state index in [1.807, 2.05) is 6.20 Å². The molecular weight excluding hydrogens is 829 g/mol. The van der Waals surface area contributed by atoms with E-state index < -0.39 is 0 Å². The zero-order valence-corrected chi connectivity index (χ0v) is 41.6. The Balaban J connectivity index is 1.05. The zero-order valence-electron chi connectivity index (χ0n) is 41.6. The van der Waals surface area contributed by atoms with Crippen molar-refractivity contribution in [1.82, 2.24) is 9.55 Å². The third-order valence-electron chi connectivity index (χ3n) is 14.1. The van der Waals surface area contributed by atoms with Crippen molar-refractivity contribution in [2.24, 2.45) is 0 Å². The highest BCUT2D eigenvalue weighted by molar-refractivity contribution is 6.10. The monoisotopic (exact) mass is 893 g/mol. The van der Waals surface area contributed by atoms with Crippen LogP contribution < -0.4 is 14.5 Å². The maximum atomic E-state index is 6.89. The lowest BCUT2D eigenvalue weighted by molar-refractivity contribution is 0.483. The smallest absolute Gasteiger partial charge is 0.137 e. The summed E-state index contributed by atoms with van der Waals surface area (Å²) in [6.45, 7) is 25.8. The largest absolute Gasteiger partial charge is 0.457 e. The second kappa shape index (κ2) is 16.6. The van der Waals surface area contributed by atoms with Crippen molar-refractivity contribution in [1.29, 1.82) is 0 Å². The summed E-state index contributed by atoms with van der Waals surface area (Å²) >= 11 is 0. The molecule has 7 aromatic carbocycles. The highest BCUT2D eigenvalue weighted by atomic mass is 16.5. The molecule has 0 fully saturated rings. The molecule has 0 unspecified atom stereocenters. The minimum atomic E-state index is -0.189. The van der Waals surface area contributed by atoms with Crippen LogP contribution in [0.5, 0.6) is 11.5 Å². The number of fused-ring (bicyclic) bond motifs is 4. The predicted molar refractivity (Wildman–Crippen MR) is 287 cm³/mol. The van der Waals surface area contributed by atoms with E-state index in [1.54, 1.807) is 0 Å². The number of hydrogen-bond donors (Lipinski definition) is 0. The summed E-state index contributed by atoms with van der Waals surface area (Å²) in [7, 11) is 0. The van der Waals surface area contributed by atoms with Crippen LogP contribution >= 0.6 is 0 Å². The van der Waals surface area contributed by atoms with Crippen LogP contribution in [-0.2, 0) is 21.7 Å². The van der Waals surface area contributed by atoms with Crippen molar-refractivity contribution >= 4 is 44.6 Å². The second-order valence-corrected chi connectivity index (χ2v) is 22.3. The summed E-state index contributed by atoms with van der Waals surface area (Å²) in [5.41, 5.74) is 15.3. The summed E-state index contributed by atoms with van der Waals surface area (Å²) in [5.74, 6) is 2.43. The molecule has 0 saturated heterocycles. The van der Waals surface area contributed by atoms with E-state index >= 15 is 0 Å². The van der Waals surface area contributed by atoms with Gasteiger partial charge in [-0.1, -0.05) is 161 Å². The molecule has 0 bridgehead atoms. The molecule has 0 atom stereocenters. The van der Waals surface area contributed by atoms with Crippen molar-refractivity contribution in [2.75, 3.05) is 16.5 Å². The van der Waals surface area contributed by atoms with Crippen LogP contribution in [0.15, 0.2) is 176 Å². The van der Waals surface area contributed by atoms with E-state index in [4.69, 9.17) is 9.72 Å². The van der Waals surface area contributed by atoms with E-state index in [1.165, 1.54) is 61.4 Å². The first-order chi connectivity index (χ1) is 32.3. The number of pyridine rings is 1. The van der Waals surface area contributed by atoms with Gasteiger partial charge in [0.2, 0.25) is 0 Å². The normalized spacial score (nSPS) is 13.4. The standard InChI is InChI=1S/C63H64N4O/c1-60(2,3)45-25-30-56-58(37-45)66(50-34-43(42-19-14-12-15-20-42)33-48(35-50)62(7,8)9)41-65(56)49-23-18-24-51(39-49)68-52-27-28-53-54-36-47(63(10,11)44-21-16-13-17-22-44)26-29-55(54)67(57(53)40-52)59-38-46(31-32-64-59)61(4,5)6/h12-40H,41H2,1-11H3. The van der Waals surface area contributed by atoms with Crippen LogP contribution in [0.1, 0.15) is 104 Å². The Morgan fingerprint density at radius 2 is 1.07 bits per heavy atom. The van der Waals surface area contributed by atoms with Crippen molar-refractivity contribution in [2.45, 2.75) is 97.8 Å². The molecule has 3 heterocycles. The van der Waals surface area contributed by atoms with Gasteiger partial charge in [0, 0.05) is 45.9 Å². The van der Waals surface area contributed by atoms with Gasteiger partial charge in [-0.05, 0) is 128 Å². The second-order valence-electron chi connectivity index (χ2n) is 22.3. The molecule has 0 aliphatic carbocycles. The van der Waals surface area contributed by atoms with Crippen molar-refractivity contribution in [3.05, 3.63) is 204 Å². The molecule has 68 heavy (non-hydrogen) atoms. The number of hydrogen-bond acceptors (Lipinski definition) is 4. The number of nitrogens with zero attached hydrogens (tertiary/aromatic N) is 4. The lowest BCUT2D eigenvalue weighted by atomic mass is 9.78. The van der Waals surface area contributed by atoms with Crippen molar-refractivity contribution in [3.8, 4) is 28.4 Å². The molecule has 0 spiro atoms. The minimum absolute atomic E-state index is 0.0103. The molecule has 0 N–H and O–H groups in total. The van der Waals surface area contributed by atoms with Gasteiger partial charge in [0.25, 0.3) is 0 Å². The Morgan fingerprint density at radius 1 is 0.412 bits per heavy atom. The van der Waals surface area contributed by atoms with Gasteiger partial charge in [0.1, 0.15) is 24.0 Å². The van der Waals surface area contributed by atoms with E-state index in [0.717, 1.165) is 39.4 Å². The lowest BCUT2D eigenvalue weighted by Crippen LogP contribution is -2.24. The van der Waals surface area contributed by atoms with E-state index in [9.17, 15) is 0 Å². The average molecular weight is 893 g/mol. The molecule has 0 radical (unpaired) electrons. The van der Waals surface area contributed by atoms with Crippen LogP contribution in [0.2, 0.25) is 0 Å². The number of anilines is 4. The van der Waals surface area contributed by atoms with E-state index in [-0.39, 0.29) is 21.7 Å². The van der Waals surface area contributed by atoms with Crippen LogP contribution in [0.4, 0.5) is 22.7 Å². The van der Waals surface area contributed by atoms with Crippen molar-refractivity contribution in [3.63, 3.8) is 0 Å². The Bertz CT molecular complexity index is 3320. The summed E-state index contributed by atoms with van der Waals surface area (Å²) < 4.78 is 9.20. The quantitative estimate of drug-likeness (QED) is 0.152. The van der Waals surface area contributed by atoms with Gasteiger partial charge in [0.15, 0.2) is 0 Å². The lowest BCUT2D eigenvalue weighted by Gasteiger charge is -2.27. The number of rotatable bonds is 8. The summed E-state index contributed by atoms with van der Waals surface area (Å²) in [6, 6.07) is 62.0. The SMILES string of the molecule is CC(C)(C)c1cc(-c2ccccc2)cc(N2CN(c3cccc(Oc4ccc5c6cc(C(C)(C)c7ccccc7)ccc6n(-c6cc(C(C)(C)C)ccn6)c5c4)c3)c3ccc(C(C)(C)C)cc32)c1. The summed E-state index contributed by atoms with van der Waals surface area (Å²) in [4.78, 5) is 9.91. The fourth-order valence-corrected chi connectivity index (χ4v) is 9.75. The fourth-order valence-electron chi connectivity index (χ4n) is 9.75. The number of aromatic nitrogens is 2. The summed E-state index contributed by atoms with van der Waals surface area (Å²) in [6.07, 6.45) is 1.94. The maximum absolute atomic E-state index is 6.89. The summed E-state index contributed by atoms with van der Waals surface area (Å²) in [5, 5.41) is 2.35. The zero-order chi connectivity index (χ0) is 47.8. The van der Waals surface area contributed by atoms with Crippen LogP contribution in [0.25, 0.3) is 38.8 Å². The Labute approximate surface area is 403 Å². The molecule has 2 aromatic heterocycles. The van der Waals surface area contributed by atoms with Gasteiger partial charge in [-0.3, -0.25) is 4.57 Å². The van der Waals surface area contributed by atoms with Gasteiger partial charge in [-0.15, -0.1) is 0 Å². The molecule has 1 aliphatic rings. The highest BCUT2D eigenvalue weighted by Crippen LogP contribution is 2.48. The van der Waals surface area contributed by atoms with Gasteiger partial charge >= 0.3 is 0 Å². The maximum Gasteiger partial charge on any atom is 0.137 e. The van der Waals surface area contributed by atoms with Crippen LogP contribution in [0.3, 0.4) is 0 Å². The molecule has 5 nitrogen and oxygen atoms in total. The third-order valence-corrected chi connectivity index (χ3v) is 14.1. The van der Waals surface area contributed by atoms with Gasteiger partial charge in [-0.2, -0.15) is 0 Å². The van der Waals surface area contributed by atoms with E-state index in [0.29, 0.717) is 6.67 Å². The fraction of sp³-hybridized carbons (Fsp3) is 0.254. The first-order valence-electron chi connectivity index (χ1n) is 24.1. The third kappa shape index (κ3) is 8.33. The molecule has 9 aromatic rings. The molecule has 10 rings (SSSR count). The molecule has 1 aliphatic heterocycles. The Morgan fingerprint density at radius 3 is 1.79 bits per heavy atom. The predicted octanol–water partition coefficient (Wildman–Crippen LogP) is 17.1. The van der Waals surface area contributed by atoms with Crippen LogP contribution in [0, 0.1) is 0 Å². The minimum Gasteiger partial charge on any atom is -0.457 e. The Hall–Kier alpha value is -7.11. The first kappa shape index (κ1) is 44.7. The molecule has 342 valence electrons. The van der Waals surface area contributed by atoms with Gasteiger partial charge in [0.05, 0.1) is 22.4 Å². The molecule has 0 amide bonds.